The highest BCUT2D eigenvalue weighted by Crippen LogP contribution is 2.20. The van der Waals surface area contributed by atoms with Crippen LogP contribution in [0.5, 0.6) is 0 Å². The molecule has 0 aliphatic rings. The van der Waals surface area contributed by atoms with E-state index in [-0.39, 0.29) is 16.4 Å². The molecule has 1 amide bonds. The molecule has 0 aliphatic heterocycles. The molecule has 2 rings (SSSR count). The third-order valence-electron chi connectivity index (χ3n) is 2.66. The lowest BCUT2D eigenvalue weighted by molar-refractivity contribution is 0.0693. The van der Waals surface area contributed by atoms with Gasteiger partial charge in [-0.25, -0.2) is 14.2 Å². The highest BCUT2D eigenvalue weighted by Gasteiger charge is 2.18. The number of aromatic carboxylic acids is 1. The summed E-state index contributed by atoms with van der Waals surface area (Å²) < 4.78 is 13.5. The van der Waals surface area contributed by atoms with Gasteiger partial charge in [0.05, 0.1) is 5.69 Å². The number of nitrogens with one attached hydrogen (secondary N) is 1. The van der Waals surface area contributed by atoms with Crippen molar-refractivity contribution in [3.63, 3.8) is 0 Å². The second-order valence-corrected chi connectivity index (χ2v) is 4.63. The molecule has 0 aliphatic carbocycles. The molecular weight excluding hydrogens is 299 g/mol. The quantitative estimate of drug-likeness (QED) is 0.854. The van der Waals surface area contributed by atoms with Crippen molar-refractivity contribution >= 4 is 29.2 Å². The predicted octanol–water partition coefficient (Wildman–Crippen LogP) is 3.13. The van der Waals surface area contributed by atoms with Gasteiger partial charge in [-0.1, -0.05) is 17.7 Å². The third kappa shape index (κ3) is 3.35. The lowest BCUT2D eigenvalue weighted by Crippen LogP contribution is -2.16. The summed E-state index contributed by atoms with van der Waals surface area (Å²) in [7, 11) is 0. The van der Waals surface area contributed by atoms with Gasteiger partial charge in [0, 0.05) is 11.3 Å². The minimum absolute atomic E-state index is 0.127. The number of aromatic nitrogens is 1. The molecular formula is C14H10ClFN2O3. The molecule has 108 valence electrons. The van der Waals surface area contributed by atoms with Crippen molar-refractivity contribution in [1.29, 1.82) is 0 Å². The molecule has 5 nitrogen and oxygen atoms in total. The number of carboxylic acid groups (broad SMARTS) is 1. The Kier molecular flexibility index (Phi) is 4.18. The van der Waals surface area contributed by atoms with Crippen LogP contribution >= 0.6 is 11.6 Å². The van der Waals surface area contributed by atoms with Gasteiger partial charge >= 0.3 is 5.97 Å². The highest BCUT2D eigenvalue weighted by molar-refractivity contribution is 6.29. The maximum atomic E-state index is 13.5. The van der Waals surface area contributed by atoms with E-state index < -0.39 is 23.3 Å². The molecule has 0 bridgehead atoms. The predicted molar refractivity (Wildman–Crippen MR) is 75.3 cm³/mol. The number of carbonyl (C=O) groups is 2. The van der Waals surface area contributed by atoms with Crippen LogP contribution in [0, 0.1) is 12.7 Å². The second kappa shape index (κ2) is 5.88. The van der Waals surface area contributed by atoms with Crippen LogP contribution in [-0.2, 0) is 0 Å². The van der Waals surface area contributed by atoms with Crippen LogP contribution in [0.4, 0.5) is 10.1 Å². The standard InChI is InChI=1S/C14H10ClFN2O3/c1-7-5-8(6-11(15)17-7)13(19)18-10-4-2-3-9(16)12(10)14(20)21/h2-6H,1H3,(H,18,19)(H,20,21). The number of carbonyl (C=O) groups excluding carboxylic acids is 1. The van der Waals surface area contributed by atoms with E-state index in [9.17, 15) is 14.0 Å². The molecule has 0 unspecified atom stereocenters. The van der Waals surface area contributed by atoms with E-state index in [2.05, 4.69) is 10.3 Å². The molecule has 21 heavy (non-hydrogen) atoms. The summed E-state index contributed by atoms with van der Waals surface area (Å²) in [5, 5.41) is 11.5. The zero-order valence-electron chi connectivity index (χ0n) is 10.9. The summed E-state index contributed by atoms with van der Waals surface area (Å²) in [5.74, 6) is -2.99. The number of pyridine rings is 1. The van der Waals surface area contributed by atoms with Gasteiger partial charge in [-0.15, -0.1) is 0 Å². The third-order valence-corrected chi connectivity index (χ3v) is 2.85. The fourth-order valence-electron chi connectivity index (χ4n) is 1.80. The molecule has 1 aromatic carbocycles. The lowest BCUT2D eigenvalue weighted by atomic mass is 10.1. The van der Waals surface area contributed by atoms with Crippen LogP contribution in [0.2, 0.25) is 5.15 Å². The Hall–Kier alpha value is -2.47. The molecule has 0 spiro atoms. The molecule has 0 saturated heterocycles. The van der Waals surface area contributed by atoms with E-state index in [1.165, 1.54) is 24.3 Å². The van der Waals surface area contributed by atoms with Crippen molar-refractivity contribution in [3.8, 4) is 0 Å². The van der Waals surface area contributed by atoms with Crippen LogP contribution in [0.15, 0.2) is 30.3 Å². The Morgan fingerprint density at radius 2 is 2.05 bits per heavy atom. The average molecular weight is 309 g/mol. The molecule has 2 aromatic rings. The Labute approximate surface area is 124 Å². The Morgan fingerprint density at radius 1 is 1.33 bits per heavy atom. The van der Waals surface area contributed by atoms with E-state index in [1.807, 2.05) is 0 Å². The van der Waals surface area contributed by atoms with E-state index in [4.69, 9.17) is 16.7 Å². The van der Waals surface area contributed by atoms with Crippen molar-refractivity contribution in [2.24, 2.45) is 0 Å². The molecule has 1 aromatic heterocycles. The molecule has 0 fully saturated rings. The number of aryl methyl sites for hydroxylation is 1. The number of hydrogen-bond donors (Lipinski definition) is 2. The number of carboxylic acids is 1. The Morgan fingerprint density at radius 3 is 2.67 bits per heavy atom. The number of benzene rings is 1. The number of hydrogen-bond acceptors (Lipinski definition) is 3. The van der Waals surface area contributed by atoms with Crippen LogP contribution in [0.3, 0.4) is 0 Å². The molecule has 0 saturated carbocycles. The first-order valence-electron chi connectivity index (χ1n) is 5.86. The van der Waals surface area contributed by atoms with Crippen LogP contribution < -0.4 is 5.32 Å². The highest BCUT2D eigenvalue weighted by atomic mass is 35.5. The number of anilines is 1. The van der Waals surface area contributed by atoms with Crippen molar-refractivity contribution in [2.45, 2.75) is 6.92 Å². The summed E-state index contributed by atoms with van der Waals surface area (Å²) in [6, 6.07) is 6.44. The summed E-state index contributed by atoms with van der Waals surface area (Å²) in [6.07, 6.45) is 0. The number of halogens is 2. The van der Waals surface area contributed by atoms with Gasteiger partial charge in [-0.3, -0.25) is 4.79 Å². The van der Waals surface area contributed by atoms with E-state index >= 15 is 0 Å². The van der Waals surface area contributed by atoms with Crippen molar-refractivity contribution < 1.29 is 19.1 Å². The minimum Gasteiger partial charge on any atom is -0.478 e. The topological polar surface area (TPSA) is 79.3 Å². The van der Waals surface area contributed by atoms with Gasteiger partial charge in [0.15, 0.2) is 0 Å². The van der Waals surface area contributed by atoms with Gasteiger partial charge in [-0.2, -0.15) is 0 Å². The van der Waals surface area contributed by atoms with Gasteiger partial charge < -0.3 is 10.4 Å². The van der Waals surface area contributed by atoms with Crippen LogP contribution in [0.25, 0.3) is 0 Å². The first-order valence-corrected chi connectivity index (χ1v) is 6.23. The zero-order valence-corrected chi connectivity index (χ0v) is 11.6. The van der Waals surface area contributed by atoms with Gasteiger partial charge in [0.2, 0.25) is 0 Å². The van der Waals surface area contributed by atoms with Crippen molar-refractivity contribution in [3.05, 3.63) is 58.1 Å². The molecule has 1 heterocycles. The average Bonchev–Trinajstić information content (AvgIpc) is 2.37. The SMILES string of the molecule is Cc1cc(C(=O)Nc2cccc(F)c2C(=O)O)cc(Cl)n1. The molecule has 0 radical (unpaired) electrons. The Balaban J connectivity index is 2.36. The van der Waals surface area contributed by atoms with Crippen LogP contribution in [-0.4, -0.2) is 22.0 Å². The van der Waals surface area contributed by atoms with Gasteiger partial charge in [0.25, 0.3) is 5.91 Å². The first-order chi connectivity index (χ1) is 9.88. The van der Waals surface area contributed by atoms with Gasteiger partial charge in [0.1, 0.15) is 16.5 Å². The zero-order chi connectivity index (χ0) is 15.6. The summed E-state index contributed by atoms with van der Waals surface area (Å²) in [4.78, 5) is 27.1. The maximum Gasteiger partial charge on any atom is 0.340 e. The summed E-state index contributed by atoms with van der Waals surface area (Å²) in [5.41, 5.74) is 0.0132. The smallest absolute Gasteiger partial charge is 0.340 e. The van der Waals surface area contributed by atoms with E-state index in [1.54, 1.807) is 6.92 Å². The minimum atomic E-state index is -1.47. The summed E-state index contributed by atoms with van der Waals surface area (Å²) >= 11 is 5.76. The molecule has 7 heteroatoms. The maximum absolute atomic E-state index is 13.5. The van der Waals surface area contributed by atoms with Crippen molar-refractivity contribution in [2.75, 3.05) is 5.32 Å². The monoisotopic (exact) mass is 308 g/mol. The molecule has 0 atom stereocenters. The van der Waals surface area contributed by atoms with Crippen molar-refractivity contribution in [1.82, 2.24) is 4.98 Å². The Bertz CT molecular complexity index is 714. The van der Waals surface area contributed by atoms with Crippen LogP contribution in [0.1, 0.15) is 26.4 Å². The largest absolute Gasteiger partial charge is 0.478 e. The van der Waals surface area contributed by atoms with E-state index in [0.717, 1.165) is 6.07 Å². The number of rotatable bonds is 3. The lowest BCUT2D eigenvalue weighted by Gasteiger charge is -2.09. The van der Waals surface area contributed by atoms with Gasteiger partial charge in [-0.05, 0) is 31.2 Å². The summed E-state index contributed by atoms with van der Waals surface area (Å²) in [6.45, 7) is 1.66. The number of nitrogens with zero attached hydrogens (tertiary/aromatic N) is 1. The van der Waals surface area contributed by atoms with E-state index in [0.29, 0.717) is 5.69 Å². The fourth-order valence-corrected chi connectivity index (χ4v) is 2.05. The number of amides is 1. The molecule has 2 N–H and O–H groups in total. The normalized spacial score (nSPS) is 10.2. The first kappa shape index (κ1) is 14.9. The second-order valence-electron chi connectivity index (χ2n) is 4.24. The fraction of sp³-hybridized carbons (Fsp3) is 0.0714.